The number of nitriles is 2. The van der Waals surface area contributed by atoms with Crippen molar-refractivity contribution in [3.8, 4) is 23.3 Å². The largest absolute Gasteiger partial charge is 0.192 e. The van der Waals surface area contributed by atoms with E-state index in [9.17, 15) is 0 Å². The summed E-state index contributed by atoms with van der Waals surface area (Å²) in [7, 11) is 0. The van der Waals surface area contributed by atoms with Gasteiger partial charge in [-0.1, -0.05) is 30.3 Å². The third-order valence-electron chi connectivity index (χ3n) is 2.41. The Kier molecular flexibility index (Phi) is 2.72. The van der Waals surface area contributed by atoms with E-state index in [1.807, 2.05) is 37.3 Å². The van der Waals surface area contributed by atoms with Crippen molar-refractivity contribution in [1.82, 2.24) is 0 Å². The summed E-state index contributed by atoms with van der Waals surface area (Å²) in [6, 6.07) is 14.0. The van der Waals surface area contributed by atoms with Gasteiger partial charge in [0.1, 0.15) is 21.9 Å². The van der Waals surface area contributed by atoms with Crippen LogP contribution in [-0.4, -0.2) is 0 Å². The first-order valence-electron chi connectivity index (χ1n) is 4.77. The Morgan fingerprint density at radius 3 is 2.19 bits per heavy atom. The van der Waals surface area contributed by atoms with Gasteiger partial charge in [0.15, 0.2) is 0 Å². The van der Waals surface area contributed by atoms with Crippen LogP contribution in [0.15, 0.2) is 30.3 Å². The summed E-state index contributed by atoms with van der Waals surface area (Å²) in [6.45, 7) is 1.89. The van der Waals surface area contributed by atoms with Crippen LogP contribution < -0.4 is 0 Å². The molecule has 0 radical (unpaired) electrons. The summed E-state index contributed by atoms with van der Waals surface area (Å²) in [5.41, 5.74) is 2.79. The molecule has 2 rings (SSSR count). The van der Waals surface area contributed by atoms with E-state index in [0.29, 0.717) is 9.75 Å². The van der Waals surface area contributed by atoms with Gasteiger partial charge in [0, 0.05) is 5.56 Å². The topological polar surface area (TPSA) is 47.6 Å². The summed E-state index contributed by atoms with van der Waals surface area (Å²) >= 11 is 1.26. The summed E-state index contributed by atoms with van der Waals surface area (Å²) in [4.78, 5) is 1.23. The zero-order valence-electron chi connectivity index (χ0n) is 8.69. The normalized spacial score (nSPS) is 9.44. The molecule has 0 atom stereocenters. The van der Waals surface area contributed by atoms with Gasteiger partial charge in [-0.15, -0.1) is 11.3 Å². The minimum Gasteiger partial charge on any atom is -0.192 e. The lowest BCUT2D eigenvalue weighted by molar-refractivity contribution is 1.45. The average Bonchev–Trinajstić information content (AvgIpc) is 2.66. The second-order valence-corrected chi connectivity index (χ2v) is 4.37. The van der Waals surface area contributed by atoms with Crippen LogP contribution in [0.4, 0.5) is 0 Å². The fourth-order valence-corrected chi connectivity index (χ4v) is 2.57. The van der Waals surface area contributed by atoms with Crippen molar-refractivity contribution in [1.29, 1.82) is 10.5 Å². The van der Waals surface area contributed by atoms with Gasteiger partial charge >= 0.3 is 0 Å². The lowest BCUT2D eigenvalue weighted by atomic mass is 10.0. The van der Waals surface area contributed by atoms with Crippen molar-refractivity contribution in [2.75, 3.05) is 0 Å². The second-order valence-electron chi connectivity index (χ2n) is 3.35. The second kappa shape index (κ2) is 4.18. The van der Waals surface area contributed by atoms with Crippen molar-refractivity contribution in [2.45, 2.75) is 6.92 Å². The molecule has 0 aliphatic heterocycles. The standard InChI is InChI=1S/C13H8N2S/c1-9-11(7-14)16-12(8-15)13(9)10-5-3-2-4-6-10/h2-6H,1H3. The predicted molar refractivity (Wildman–Crippen MR) is 63.9 cm³/mol. The number of rotatable bonds is 1. The number of nitrogens with zero attached hydrogens (tertiary/aromatic N) is 2. The van der Waals surface area contributed by atoms with Crippen LogP contribution in [-0.2, 0) is 0 Å². The van der Waals surface area contributed by atoms with E-state index >= 15 is 0 Å². The van der Waals surface area contributed by atoms with E-state index in [1.165, 1.54) is 11.3 Å². The lowest BCUT2D eigenvalue weighted by Gasteiger charge is -2.00. The molecule has 76 valence electrons. The van der Waals surface area contributed by atoms with Gasteiger partial charge in [-0.2, -0.15) is 10.5 Å². The molecule has 1 heterocycles. The van der Waals surface area contributed by atoms with E-state index in [0.717, 1.165) is 16.7 Å². The van der Waals surface area contributed by atoms with Crippen molar-refractivity contribution < 1.29 is 0 Å². The maximum absolute atomic E-state index is 9.06. The molecule has 0 amide bonds. The summed E-state index contributed by atoms with van der Waals surface area (Å²) in [5.74, 6) is 0. The monoisotopic (exact) mass is 224 g/mol. The summed E-state index contributed by atoms with van der Waals surface area (Å²) in [5, 5.41) is 18.0. The molecule has 0 saturated heterocycles. The third kappa shape index (κ3) is 1.58. The van der Waals surface area contributed by atoms with Gasteiger partial charge in [0.05, 0.1) is 0 Å². The molecule has 0 aliphatic rings. The highest BCUT2D eigenvalue weighted by atomic mass is 32.1. The van der Waals surface area contributed by atoms with Gasteiger partial charge in [-0.25, -0.2) is 0 Å². The first-order valence-corrected chi connectivity index (χ1v) is 5.58. The van der Waals surface area contributed by atoms with Crippen LogP contribution in [0.2, 0.25) is 0 Å². The molecule has 0 N–H and O–H groups in total. The van der Waals surface area contributed by atoms with Crippen LogP contribution in [0.1, 0.15) is 15.3 Å². The number of thiophene rings is 1. The molecule has 0 saturated carbocycles. The van der Waals surface area contributed by atoms with Gasteiger partial charge in [0.25, 0.3) is 0 Å². The van der Waals surface area contributed by atoms with Crippen LogP contribution >= 0.6 is 11.3 Å². The number of benzene rings is 1. The SMILES string of the molecule is Cc1c(C#N)sc(C#N)c1-c1ccccc1. The molecular weight excluding hydrogens is 216 g/mol. The Bertz CT molecular complexity index is 597. The van der Waals surface area contributed by atoms with E-state index in [-0.39, 0.29) is 0 Å². The highest BCUT2D eigenvalue weighted by molar-refractivity contribution is 7.13. The van der Waals surface area contributed by atoms with Gasteiger partial charge in [-0.05, 0) is 18.1 Å². The van der Waals surface area contributed by atoms with Gasteiger partial charge in [0.2, 0.25) is 0 Å². The molecule has 2 aromatic rings. The lowest BCUT2D eigenvalue weighted by Crippen LogP contribution is -1.81. The minimum absolute atomic E-state index is 0.611. The molecule has 0 unspecified atom stereocenters. The Morgan fingerprint density at radius 2 is 1.62 bits per heavy atom. The molecular formula is C13H8N2S. The van der Waals surface area contributed by atoms with E-state index in [4.69, 9.17) is 10.5 Å². The molecule has 1 aromatic heterocycles. The molecule has 1 aromatic carbocycles. The molecule has 2 nitrogen and oxygen atoms in total. The van der Waals surface area contributed by atoms with Crippen molar-refractivity contribution in [2.24, 2.45) is 0 Å². The fourth-order valence-electron chi connectivity index (χ4n) is 1.65. The molecule has 0 spiro atoms. The maximum Gasteiger partial charge on any atom is 0.114 e. The highest BCUT2D eigenvalue weighted by Gasteiger charge is 2.15. The third-order valence-corrected chi connectivity index (χ3v) is 3.51. The Labute approximate surface area is 98.0 Å². The van der Waals surface area contributed by atoms with Crippen LogP contribution in [0.3, 0.4) is 0 Å². The first-order chi connectivity index (χ1) is 7.77. The Hall–Kier alpha value is -2.10. The summed E-state index contributed by atoms with van der Waals surface area (Å²) in [6.07, 6.45) is 0. The quantitative estimate of drug-likeness (QED) is 0.744. The van der Waals surface area contributed by atoms with Crippen molar-refractivity contribution in [3.63, 3.8) is 0 Å². The van der Waals surface area contributed by atoms with E-state index in [2.05, 4.69) is 12.1 Å². The number of hydrogen-bond acceptors (Lipinski definition) is 3. The highest BCUT2D eigenvalue weighted by Crippen LogP contribution is 2.35. The van der Waals surface area contributed by atoms with E-state index < -0.39 is 0 Å². The molecule has 0 fully saturated rings. The van der Waals surface area contributed by atoms with E-state index in [1.54, 1.807) is 0 Å². The summed E-state index contributed by atoms with van der Waals surface area (Å²) < 4.78 is 0. The maximum atomic E-state index is 9.06. The zero-order valence-corrected chi connectivity index (χ0v) is 9.51. The Morgan fingerprint density at radius 1 is 1.00 bits per heavy atom. The average molecular weight is 224 g/mol. The van der Waals surface area contributed by atoms with Gasteiger partial charge < -0.3 is 0 Å². The predicted octanol–water partition coefficient (Wildman–Crippen LogP) is 3.47. The smallest absolute Gasteiger partial charge is 0.114 e. The molecule has 0 aliphatic carbocycles. The zero-order chi connectivity index (χ0) is 11.5. The number of hydrogen-bond donors (Lipinski definition) is 0. The van der Waals surface area contributed by atoms with Crippen LogP contribution in [0.5, 0.6) is 0 Å². The fraction of sp³-hybridized carbons (Fsp3) is 0.0769. The molecule has 3 heteroatoms. The molecule has 16 heavy (non-hydrogen) atoms. The minimum atomic E-state index is 0.611. The molecule has 0 bridgehead atoms. The van der Waals surface area contributed by atoms with Crippen molar-refractivity contribution >= 4 is 11.3 Å². The van der Waals surface area contributed by atoms with Crippen LogP contribution in [0, 0.1) is 29.6 Å². The van der Waals surface area contributed by atoms with Crippen molar-refractivity contribution in [3.05, 3.63) is 45.6 Å². The van der Waals surface area contributed by atoms with Crippen LogP contribution in [0.25, 0.3) is 11.1 Å². The Balaban J connectivity index is 2.71. The first kappa shape index (κ1) is 10.4. The van der Waals surface area contributed by atoms with Gasteiger partial charge in [-0.3, -0.25) is 0 Å².